The van der Waals surface area contributed by atoms with E-state index in [4.69, 9.17) is 9.47 Å². The van der Waals surface area contributed by atoms with Crippen molar-refractivity contribution in [3.8, 4) is 22.1 Å². The first-order valence-electron chi connectivity index (χ1n) is 8.95. The zero-order chi connectivity index (χ0) is 20.8. The molecule has 0 aliphatic rings. The highest BCUT2D eigenvalue weighted by Crippen LogP contribution is 2.26. The van der Waals surface area contributed by atoms with Crippen molar-refractivity contribution in [3.05, 3.63) is 82.5 Å². The molecule has 0 radical (unpaired) electrons. The van der Waals surface area contributed by atoms with Gasteiger partial charge in [0.1, 0.15) is 16.5 Å². The SMILES string of the molecule is O=C(COC(=O)c1csc(-c2ccsc2)n1)Nc1ccc(Oc2ccccc2)cc1. The van der Waals surface area contributed by atoms with Crippen LogP contribution < -0.4 is 10.1 Å². The number of carbonyl (C=O) groups is 2. The second kappa shape index (κ2) is 9.34. The Bertz CT molecular complexity index is 1120. The molecule has 1 amide bonds. The number of esters is 1. The fraction of sp³-hybridized carbons (Fsp3) is 0.0455. The van der Waals surface area contributed by atoms with E-state index in [-0.39, 0.29) is 5.69 Å². The molecule has 0 fully saturated rings. The molecule has 0 aliphatic heterocycles. The third kappa shape index (κ3) is 5.11. The van der Waals surface area contributed by atoms with Crippen LogP contribution in [0.5, 0.6) is 11.5 Å². The molecule has 0 spiro atoms. The maximum atomic E-state index is 12.1. The maximum absolute atomic E-state index is 12.1. The van der Waals surface area contributed by atoms with Crippen LogP contribution in [0.4, 0.5) is 5.69 Å². The van der Waals surface area contributed by atoms with Crippen molar-refractivity contribution in [1.29, 1.82) is 0 Å². The van der Waals surface area contributed by atoms with Crippen LogP contribution in [0.25, 0.3) is 10.6 Å². The van der Waals surface area contributed by atoms with E-state index in [1.54, 1.807) is 41.0 Å². The fourth-order valence-corrected chi connectivity index (χ4v) is 4.02. The van der Waals surface area contributed by atoms with Gasteiger partial charge in [-0.3, -0.25) is 4.79 Å². The maximum Gasteiger partial charge on any atom is 0.358 e. The second-order valence-electron chi connectivity index (χ2n) is 6.11. The predicted molar refractivity (Wildman–Crippen MR) is 117 cm³/mol. The standard InChI is InChI=1S/C22H16N2O4S2/c25-20(12-27-22(26)19-14-30-21(24-19)15-10-11-29-13-15)23-16-6-8-18(9-7-16)28-17-4-2-1-3-5-17/h1-11,13-14H,12H2,(H,23,25). The third-order valence-corrected chi connectivity index (χ3v) is 5.51. The van der Waals surface area contributed by atoms with Gasteiger partial charge in [0, 0.05) is 22.0 Å². The number of ether oxygens (including phenoxy) is 2. The number of thiazole rings is 1. The largest absolute Gasteiger partial charge is 0.457 e. The summed E-state index contributed by atoms with van der Waals surface area (Å²) in [4.78, 5) is 28.5. The van der Waals surface area contributed by atoms with Gasteiger partial charge in [0.05, 0.1) is 0 Å². The number of nitrogens with one attached hydrogen (secondary N) is 1. The molecule has 6 nitrogen and oxygen atoms in total. The molecular weight excluding hydrogens is 420 g/mol. The van der Waals surface area contributed by atoms with Crippen molar-refractivity contribution >= 4 is 40.2 Å². The first kappa shape index (κ1) is 19.8. The van der Waals surface area contributed by atoms with Gasteiger partial charge in [0.25, 0.3) is 5.91 Å². The molecule has 0 saturated carbocycles. The lowest BCUT2D eigenvalue weighted by molar-refractivity contribution is -0.119. The molecule has 2 heterocycles. The van der Waals surface area contributed by atoms with Crippen LogP contribution in [0.15, 0.2) is 76.8 Å². The summed E-state index contributed by atoms with van der Waals surface area (Å²) in [6.45, 7) is -0.396. The molecule has 8 heteroatoms. The molecule has 4 rings (SSSR count). The minimum Gasteiger partial charge on any atom is -0.457 e. The van der Waals surface area contributed by atoms with E-state index < -0.39 is 18.5 Å². The number of nitrogens with zero attached hydrogens (tertiary/aromatic N) is 1. The van der Waals surface area contributed by atoms with E-state index in [1.165, 1.54) is 11.3 Å². The fourth-order valence-electron chi connectivity index (χ4n) is 2.52. The normalized spacial score (nSPS) is 10.4. The summed E-state index contributed by atoms with van der Waals surface area (Å²) in [5.41, 5.74) is 1.72. The van der Waals surface area contributed by atoms with Crippen LogP contribution in [0, 0.1) is 0 Å². The highest BCUT2D eigenvalue weighted by atomic mass is 32.1. The lowest BCUT2D eigenvalue weighted by Crippen LogP contribution is -2.21. The summed E-state index contributed by atoms with van der Waals surface area (Å²) in [6, 6.07) is 18.3. The van der Waals surface area contributed by atoms with Gasteiger partial charge in [-0.2, -0.15) is 11.3 Å². The molecule has 150 valence electrons. The van der Waals surface area contributed by atoms with Crippen LogP contribution >= 0.6 is 22.7 Å². The van der Waals surface area contributed by atoms with Crippen molar-refractivity contribution < 1.29 is 19.1 Å². The predicted octanol–water partition coefficient (Wildman–Crippen LogP) is 5.46. The van der Waals surface area contributed by atoms with Crippen LogP contribution in [-0.2, 0) is 9.53 Å². The average Bonchev–Trinajstić information content (AvgIpc) is 3.46. The van der Waals surface area contributed by atoms with Crippen LogP contribution in [-0.4, -0.2) is 23.5 Å². The summed E-state index contributed by atoms with van der Waals surface area (Å²) < 4.78 is 10.8. The zero-order valence-electron chi connectivity index (χ0n) is 15.6. The van der Waals surface area contributed by atoms with E-state index in [2.05, 4.69) is 10.3 Å². The Morgan fingerprint density at radius 1 is 0.933 bits per heavy atom. The summed E-state index contributed by atoms with van der Waals surface area (Å²) in [5, 5.41) is 8.94. The lowest BCUT2D eigenvalue weighted by Gasteiger charge is -2.08. The Balaban J connectivity index is 1.27. The number of hydrogen-bond donors (Lipinski definition) is 1. The smallest absolute Gasteiger partial charge is 0.358 e. The number of hydrogen-bond acceptors (Lipinski definition) is 7. The molecule has 0 saturated heterocycles. The highest BCUT2D eigenvalue weighted by molar-refractivity contribution is 7.14. The van der Waals surface area contributed by atoms with E-state index in [9.17, 15) is 9.59 Å². The Morgan fingerprint density at radius 3 is 2.43 bits per heavy atom. The van der Waals surface area contributed by atoms with Gasteiger partial charge in [-0.15, -0.1) is 11.3 Å². The first-order chi connectivity index (χ1) is 14.7. The second-order valence-corrected chi connectivity index (χ2v) is 7.75. The molecule has 2 aromatic heterocycles. The topological polar surface area (TPSA) is 77.5 Å². The van der Waals surface area contributed by atoms with Gasteiger partial charge in [-0.05, 0) is 47.8 Å². The quantitative estimate of drug-likeness (QED) is 0.389. The number of carbonyl (C=O) groups excluding carboxylic acids is 2. The Morgan fingerprint density at radius 2 is 1.70 bits per heavy atom. The van der Waals surface area contributed by atoms with E-state index >= 15 is 0 Å². The number of benzene rings is 2. The van der Waals surface area contributed by atoms with Gasteiger partial charge in [-0.25, -0.2) is 9.78 Å². The molecule has 0 atom stereocenters. The molecule has 1 N–H and O–H groups in total. The number of thiophene rings is 1. The third-order valence-electron chi connectivity index (χ3n) is 3.93. The minimum absolute atomic E-state index is 0.191. The molecular formula is C22H16N2O4S2. The lowest BCUT2D eigenvalue weighted by atomic mass is 10.3. The molecule has 0 aliphatic carbocycles. The number of aromatic nitrogens is 1. The van der Waals surface area contributed by atoms with Crippen molar-refractivity contribution in [3.63, 3.8) is 0 Å². The van der Waals surface area contributed by atoms with Crippen molar-refractivity contribution in [1.82, 2.24) is 4.98 Å². The average molecular weight is 437 g/mol. The summed E-state index contributed by atoms with van der Waals surface area (Å²) in [6.07, 6.45) is 0. The Kier molecular flexibility index (Phi) is 6.17. The van der Waals surface area contributed by atoms with Crippen molar-refractivity contribution in [2.75, 3.05) is 11.9 Å². The van der Waals surface area contributed by atoms with Crippen LogP contribution in [0.3, 0.4) is 0 Å². The van der Waals surface area contributed by atoms with Crippen molar-refractivity contribution in [2.24, 2.45) is 0 Å². The molecule has 30 heavy (non-hydrogen) atoms. The molecule has 0 bridgehead atoms. The van der Waals surface area contributed by atoms with Gasteiger partial charge in [0.2, 0.25) is 0 Å². The van der Waals surface area contributed by atoms with Crippen molar-refractivity contribution in [2.45, 2.75) is 0 Å². The Hall–Kier alpha value is -3.49. The van der Waals surface area contributed by atoms with Crippen LogP contribution in [0.1, 0.15) is 10.5 Å². The van der Waals surface area contributed by atoms with Gasteiger partial charge in [-0.1, -0.05) is 18.2 Å². The summed E-state index contributed by atoms with van der Waals surface area (Å²) in [5.74, 6) is 0.309. The van der Waals surface area contributed by atoms with Gasteiger partial charge in [0.15, 0.2) is 12.3 Å². The first-order valence-corrected chi connectivity index (χ1v) is 10.8. The molecule has 0 unspecified atom stereocenters. The van der Waals surface area contributed by atoms with Gasteiger partial charge < -0.3 is 14.8 Å². The molecule has 2 aromatic carbocycles. The Labute approximate surface area is 180 Å². The van der Waals surface area contributed by atoms with E-state index in [1.807, 2.05) is 47.2 Å². The van der Waals surface area contributed by atoms with Crippen LogP contribution in [0.2, 0.25) is 0 Å². The monoisotopic (exact) mass is 436 g/mol. The minimum atomic E-state index is -0.630. The molecule has 4 aromatic rings. The van der Waals surface area contributed by atoms with Gasteiger partial charge >= 0.3 is 5.97 Å². The number of rotatable bonds is 7. The van der Waals surface area contributed by atoms with E-state index in [0.717, 1.165) is 16.3 Å². The summed E-state index contributed by atoms with van der Waals surface area (Å²) in [7, 11) is 0. The number of para-hydroxylation sites is 1. The summed E-state index contributed by atoms with van der Waals surface area (Å²) >= 11 is 2.91. The number of amides is 1. The zero-order valence-corrected chi connectivity index (χ0v) is 17.2. The number of anilines is 1. The highest BCUT2D eigenvalue weighted by Gasteiger charge is 2.15. The van der Waals surface area contributed by atoms with E-state index in [0.29, 0.717) is 11.4 Å².